The molecule has 1 aromatic heterocycles. The highest BCUT2D eigenvalue weighted by Crippen LogP contribution is 2.38. The average molecular weight is 530 g/mol. The van der Waals surface area contributed by atoms with Gasteiger partial charge in [-0.25, -0.2) is 9.37 Å². The zero-order chi connectivity index (χ0) is 26.6. The van der Waals surface area contributed by atoms with Crippen LogP contribution in [-0.2, 0) is 17.8 Å². The molecule has 8 heteroatoms. The normalized spacial score (nSPS) is 14.6. The van der Waals surface area contributed by atoms with Crippen LogP contribution in [0.15, 0.2) is 78.2 Å². The lowest BCUT2D eigenvalue weighted by Crippen LogP contribution is -2.40. The van der Waals surface area contributed by atoms with Gasteiger partial charge in [0, 0.05) is 31.1 Å². The highest BCUT2D eigenvalue weighted by Gasteiger charge is 2.32. The maximum Gasteiger partial charge on any atom is 0.277 e. The van der Waals surface area contributed by atoms with Crippen molar-refractivity contribution >= 4 is 28.8 Å². The number of carbonyl (C=O) groups excluding carboxylic acids is 2. The van der Waals surface area contributed by atoms with E-state index < -0.39 is 0 Å². The SMILES string of the molecule is CCC(=O)N1CCc2ccc(OCc3nc(C(=O)N(C)c4ccccc4)cs3)cc2C1c1cccc(F)c1. The van der Waals surface area contributed by atoms with Crippen LogP contribution in [0.5, 0.6) is 5.75 Å². The third-order valence-electron chi connectivity index (χ3n) is 6.71. The van der Waals surface area contributed by atoms with Gasteiger partial charge in [-0.05, 0) is 59.5 Å². The fourth-order valence-corrected chi connectivity index (χ4v) is 5.43. The van der Waals surface area contributed by atoms with E-state index in [-0.39, 0.29) is 30.3 Å². The van der Waals surface area contributed by atoms with Crippen LogP contribution in [0.25, 0.3) is 0 Å². The molecule has 0 radical (unpaired) electrons. The molecule has 5 rings (SSSR count). The monoisotopic (exact) mass is 529 g/mol. The van der Waals surface area contributed by atoms with Crippen molar-refractivity contribution < 1.29 is 18.7 Å². The Morgan fingerprint density at radius 3 is 2.68 bits per heavy atom. The van der Waals surface area contributed by atoms with Crippen molar-refractivity contribution in [2.45, 2.75) is 32.4 Å². The minimum Gasteiger partial charge on any atom is -0.486 e. The number of carbonyl (C=O) groups is 2. The summed E-state index contributed by atoms with van der Waals surface area (Å²) in [6.45, 7) is 2.62. The molecule has 1 aliphatic heterocycles. The first kappa shape index (κ1) is 25.6. The van der Waals surface area contributed by atoms with Gasteiger partial charge in [-0.1, -0.05) is 43.3 Å². The summed E-state index contributed by atoms with van der Waals surface area (Å²) in [5.74, 6) is 0.126. The maximum absolute atomic E-state index is 14.1. The van der Waals surface area contributed by atoms with Crippen LogP contribution < -0.4 is 9.64 Å². The Labute approximate surface area is 225 Å². The summed E-state index contributed by atoms with van der Waals surface area (Å²) in [7, 11) is 1.72. The molecular weight excluding hydrogens is 501 g/mol. The smallest absolute Gasteiger partial charge is 0.277 e. The molecule has 1 aliphatic rings. The third-order valence-corrected chi connectivity index (χ3v) is 7.54. The van der Waals surface area contributed by atoms with Crippen molar-refractivity contribution in [3.8, 4) is 5.75 Å². The van der Waals surface area contributed by atoms with Crippen LogP contribution in [-0.4, -0.2) is 35.3 Å². The average Bonchev–Trinajstić information content (AvgIpc) is 3.43. The number of nitrogens with zero attached hydrogens (tertiary/aromatic N) is 3. The Morgan fingerprint density at radius 1 is 1.11 bits per heavy atom. The van der Waals surface area contributed by atoms with E-state index in [1.165, 1.54) is 23.5 Å². The Hall–Kier alpha value is -4.04. The number of hydrogen-bond acceptors (Lipinski definition) is 5. The van der Waals surface area contributed by atoms with Gasteiger partial charge in [0.05, 0.1) is 6.04 Å². The number of halogens is 1. The highest BCUT2D eigenvalue weighted by atomic mass is 32.1. The van der Waals surface area contributed by atoms with Crippen molar-refractivity contribution in [1.82, 2.24) is 9.88 Å². The van der Waals surface area contributed by atoms with E-state index in [1.807, 2.05) is 66.4 Å². The second-order valence-corrected chi connectivity index (χ2v) is 10.1. The van der Waals surface area contributed by atoms with Crippen molar-refractivity contribution in [2.75, 3.05) is 18.5 Å². The number of amides is 2. The number of para-hydroxylation sites is 1. The van der Waals surface area contributed by atoms with Gasteiger partial charge in [-0.15, -0.1) is 11.3 Å². The molecule has 38 heavy (non-hydrogen) atoms. The Kier molecular flexibility index (Phi) is 7.51. The van der Waals surface area contributed by atoms with Crippen LogP contribution in [0.1, 0.15) is 51.6 Å². The quantitative estimate of drug-likeness (QED) is 0.294. The number of rotatable bonds is 7. The zero-order valence-corrected chi connectivity index (χ0v) is 22.1. The molecule has 1 atom stereocenters. The molecule has 6 nitrogen and oxygen atoms in total. The summed E-state index contributed by atoms with van der Waals surface area (Å²) < 4.78 is 20.2. The fraction of sp³-hybridized carbons (Fsp3) is 0.233. The van der Waals surface area contributed by atoms with Gasteiger partial charge in [0.1, 0.15) is 28.9 Å². The molecule has 2 amide bonds. The molecule has 0 aliphatic carbocycles. The second-order valence-electron chi connectivity index (χ2n) is 9.12. The Bertz CT molecular complexity index is 1460. The number of fused-ring (bicyclic) bond motifs is 1. The third kappa shape index (κ3) is 5.31. The molecule has 0 spiro atoms. The van der Waals surface area contributed by atoms with E-state index >= 15 is 0 Å². The van der Waals surface area contributed by atoms with E-state index in [0.29, 0.717) is 29.4 Å². The van der Waals surface area contributed by atoms with Gasteiger partial charge in [0.15, 0.2) is 0 Å². The fourth-order valence-electron chi connectivity index (χ4n) is 4.75. The maximum atomic E-state index is 14.1. The molecule has 1 unspecified atom stereocenters. The Balaban J connectivity index is 1.35. The van der Waals surface area contributed by atoms with Gasteiger partial charge in [-0.2, -0.15) is 0 Å². The number of ether oxygens (including phenoxy) is 1. The summed E-state index contributed by atoms with van der Waals surface area (Å²) in [6.07, 6.45) is 1.10. The zero-order valence-electron chi connectivity index (χ0n) is 21.3. The molecule has 3 aromatic carbocycles. The number of benzene rings is 3. The van der Waals surface area contributed by atoms with Crippen LogP contribution >= 0.6 is 11.3 Å². The van der Waals surface area contributed by atoms with Crippen molar-refractivity contribution in [3.05, 3.63) is 111 Å². The number of anilines is 1. The van der Waals surface area contributed by atoms with Crippen LogP contribution in [0.3, 0.4) is 0 Å². The molecule has 0 N–H and O–H groups in total. The first-order chi connectivity index (χ1) is 18.4. The van der Waals surface area contributed by atoms with E-state index in [0.717, 1.165) is 28.8 Å². The minimum atomic E-state index is -0.386. The summed E-state index contributed by atoms with van der Waals surface area (Å²) >= 11 is 1.37. The number of aromatic nitrogens is 1. The van der Waals surface area contributed by atoms with Crippen molar-refractivity contribution in [1.29, 1.82) is 0 Å². The van der Waals surface area contributed by atoms with Crippen molar-refractivity contribution in [3.63, 3.8) is 0 Å². The van der Waals surface area contributed by atoms with E-state index in [1.54, 1.807) is 23.4 Å². The summed E-state index contributed by atoms with van der Waals surface area (Å²) in [4.78, 5) is 33.5. The van der Waals surface area contributed by atoms with Gasteiger partial charge in [-0.3, -0.25) is 9.59 Å². The lowest BCUT2D eigenvalue weighted by atomic mass is 9.87. The molecule has 194 valence electrons. The number of thiazole rings is 1. The summed E-state index contributed by atoms with van der Waals surface area (Å²) in [5, 5.41) is 2.42. The number of hydrogen-bond donors (Lipinski definition) is 0. The van der Waals surface area contributed by atoms with E-state index in [4.69, 9.17) is 4.74 Å². The minimum absolute atomic E-state index is 0.0247. The molecule has 0 saturated heterocycles. The first-order valence-electron chi connectivity index (χ1n) is 12.5. The van der Waals surface area contributed by atoms with Gasteiger partial charge >= 0.3 is 0 Å². The molecule has 0 bridgehead atoms. The second kappa shape index (κ2) is 11.1. The standard InChI is InChI=1S/C30H28FN3O3S/c1-3-28(35)34-15-14-20-12-13-24(17-25(20)29(34)21-8-7-9-22(31)16-21)37-18-27-32-26(19-38-27)30(36)33(2)23-10-5-4-6-11-23/h4-13,16-17,19,29H,3,14-15,18H2,1-2H3. The summed E-state index contributed by atoms with van der Waals surface area (Å²) in [5.41, 5.74) is 3.93. The topological polar surface area (TPSA) is 62.7 Å². The summed E-state index contributed by atoms with van der Waals surface area (Å²) in [6, 6.07) is 21.3. The highest BCUT2D eigenvalue weighted by molar-refractivity contribution is 7.09. The molecule has 0 fully saturated rings. The first-order valence-corrected chi connectivity index (χ1v) is 13.4. The largest absolute Gasteiger partial charge is 0.486 e. The van der Waals surface area contributed by atoms with E-state index in [9.17, 15) is 14.0 Å². The van der Waals surface area contributed by atoms with Crippen LogP contribution in [0, 0.1) is 5.82 Å². The lowest BCUT2D eigenvalue weighted by Gasteiger charge is -2.38. The van der Waals surface area contributed by atoms with Gasteiger partial charge < -0.3 is 14.5 Å². The van der Waals surface area contributed by atoms with Gasteiger partial charge in [0.2, 0.25) is 5.91 Å². The predicted octanol–water partition coefficient (Wildman–Crippen LogP) is 6.02. The predicted molar refractivity (Wildman–Crippen MR) is 146 cm³/mol. The molecule has 4 aromatic rings. The molecule has 0 saturated carbocycles. The van der Waals surface area contributed by atoms with E-state index in [2.05, 4.69) is 4.98 Å². The Morgan fingerprint density at radius 2 is 1.92 bits per heavy atom. The van der Waals surface area contributed by atoms with Crippen LogP contribution in [0.4, 0.5) is 10.1 Å². The lowest BCUT2D eigenvalue weighted by molar-refractivity contribution is -0.132. The van der Waals surface area contributed by atoms with Crippen LogP contribution in [0.2, 0.25) is 0 Å². The van der Waals surface area contributed by atoms with Gasteiger partial charge in [0.25, 0.3) is 5.91 Å². The molecule has 2 heterocycles. The molecular formula is C30H28FN3O3S. The van der Waals surface area contributed by atoms with Crippen molar-refractivity contribution in [2.24, 2.45) is 0 Å².